The fraction of sp³-hybridized carbons (Fsp3) is 0.467. The quantitative estimate of drug-likeness (QED) is 0.602. The van der Waals surface area contributed by atoms with Gasteiger partial charge in [-0.3, -0.25) is 20.9 Å². The van der Waals surface area contributed by atoms with Crippen LogP contribution < -0.4 is 16.0 Å². The lowest BCUT2D eigenvalue weighted by atomic mass is 10.0. The Labute approximate surface area is 125 Å². The van der Waals surface area contributed by atoms with Crippen molar-refractivity contribution in [2.45, 2.75) is 38.8 Å². The van der Waals surface area contributed by atoms with Gasteiger partial charge in [0.25, 0.3) is 0 Å². The Morgan fingerprint density at radius 2 is 2.05 bits per heavy atom. The van der Waals surface area contributed by atoms with Crippen LogP contribution in [0.5, 0.6) is 5.75 Å². The second kappa shape index (κ2) is 7.19. The summed E-state index contributed by atoms with van der Waals surface area (Å²) in [4.78, 5) is 4.03. The van der Waals surface area contributed by atoms with Gasteiger partial charge in [0.05, 0.1) is 25.0 Å². The van der Waals surface area contributed by atoms with Gasteiger partial charge in [-0.1, -0.05) is 0 Å². The van der Waals surface area contributed by atoms with Gasteiger partial charge in [-0.25, -0.2) is 0 Å². The summed E-state index contributed by atoms with van der Waals surface area (Å²) in [6, 6.07) is 4.27. The van der Waals surface area contributed by atoms with Gasteiger partial charge in [-0.15, -0.1) is 0 Å². The van der Waals surface area contributed by atoms with E-state index in [9.17, 15) is 0 Å². The molecule has 0 bridgehead atoms. The average Bonchev–Trinajstić information content (AvgIpc) is 2.93. The van der Waals surface area contributed by atoms with E-state index in [4.69, 9.17) is 10.6 Å². The number of nitrogens with two attached hydrogens (primary N) is 1. The van der Waals surface area contributed by atoms with Gasteiger partial charge in [0, 0.05) is 18.4 Å². The highest BCUT2D eigenvalue weighted by molar-refractivity contribution is 5.29. The molecule has 0 aliphatic carbocycles. The molecule has 0 saturated carbocycles. The molecular formula is C15H23N5O. The molecule has 2 rings (SSSR count). The van der Waals surface area contributed by atoms with Crippen molar-refractivity contribution in [2.75, 3.05) is 7.11 Å². The molecule has 1 atom stereocenters. The first-order valence-electron chi connectivity index (χ1n) is 7.13. The van der Waals surface area contributed by atoms with E-state index in [1.54, 1.807) is 25.7 Å². The van der Waals surface area contributed by atoms with Gasteiger partial charge in [-0.2, -0.15) is 5.10 Å². The number of methoxy groups -OCH3 is 1. The van der Waals surface area contributed by atoms with Crippen LogP contribution in [0.25, 0.3) is 0 Å². The number of ether oxygens (including phenoxy) is 1. The highest BCUT2D eigenvalue weighted by Crippen LogP contribution is 2.29. The summed E-state index contributed by atoms with van der Waals surface area (Å²) < 4.78 is 7.38. The summed E-state index contributed by atoms with van der Waals surface area (Å²) in [7, 11) is 1.65. The van der Waals surface area contributed by atoms with E-state index < -0.39 is 0 Å². The van der Waals surface area contributed by atoms with E-state index in [0.29, 0.717) is 0 Å². The highest BCUT2D eigenvalue weighted by Gasteiger charge is 2.22. The zero-order valence-corrected chi connectivity index (χ0v) is 12.8. The minimum Gasteiger partial charge on any atom is -0.493 e. The predicted octanol–water partition coefficient (Wildman–Crippen LogP) is 2.00. The van der Waals surface area contributed by atoms with Crippen molar-refractivity contribution in [3.05, 3.63) is 42.0 Å². The van der Waals surface area contributed by atoms with Crippen LogP contribution in [0, 0.1) is 0 Å². The van der Waals surface area contributed by atoms with Crippen molar-refractivity contribution in [1.82, 2.24) is 20.2 Å². The molecule has 0 radical (unpaired) electrons. The molecule has 1 unspecified atom stereocenters. The number of rotatable bonds is 7. The molecule has 2 aromatic heterocycles. The normalized spacial score (nSPS) is 12.6. The Hall–Kier alpha value is -1.92. The summed E-state index contributed by atoms with van der Waals surface area (Å²) >= 11 is 0. The van der Waals surface area contributed by atoms with E-state index in [2.05, 4.69) is 29.4 Å². The molecule has 0 aliphatic heterocycles. The molecule has 0 aliphatic rings. The number of hydrazine groups is 1. The number of pyridine rings is 1. The van der Waals surface area contributed by atoms with Gasteiger partial charge in [0.2, 0.25) is 0 Å². The number of aromatic nitrogens is 3. The standard InChI is InChI=1S/C15H23N5O/c1-11(2)20-15(14(21-3)10-18-20)13(19-16)5-4-12-6-8-17-9-7-12/h6-11,13,19H,4-5,16H2,1-3H3. The Bertz CT molecular complexity index is 552. The van der Waals surface area contributed by atoms with Crippen LogP contribution in [-0.2, 0) is 6.42 Å². The van der Waals surface area contributed by atoms with Crippen LogP contribution in [0.4, 0.5) is 0 Å². The molecule has 6 heteroatoms. The van der Waals surface area contributed by atoms with Gasteiger partial charge < -0.3 is 4.74 Å². The minimum atomic E-state index is -0.0157. The summed E-state index contributed by atoms with van der Waals surface area (Å²) in [5, 5.41) is 4.40. The lowest BCUT2D eigenvalue weighted by molar-refractivity contribution is 0.378. The van der Waals surface area contributed by atoms with E-state index in [1.807, 2.05) is 16.8 Å². The largest absolute Gasteiger partial charge is 0.493 e. The predicted molar refractivity (Wildman–Crippen MR) is 81.8 cm³/mol. The highest BCUT2D eigenvalue weighted by atomic mass is 16.5. The average molecular weight is 289 g/mol. The van der Waals surface area contributed by atoms with Crippen LogP contribution in [0.2, 0.25) is 0 Å². The first-order valence-corrected chi connectivity index (χ1v) is 7.13. The first kappa shape index (κ1) is 15.5. The van der Waals surface area contributed by atoms with Crippen LogP contribution in [0.15, 0.2) is 30.7 Å². The second-order valence-corrected chi connectivity index (χ2v) is 5.25. The monoisotopic (exact) mass is 289 g/mol. The summed E-state index contributed by atoms with van der Waals surface area (Å²) in [5.41, 5.74) is 5.11. The van der Waals surface area contributed by atoms with Crippen molar-refractivity contribution in [3.8, 4) is 5.75 Å². The van der Waals surface area contributed by atoms with E-state index >= 15 is 0 Å². The second-order valence-electron chi connectivity index (χ2n) is 5.25. The minimum absolute atomic E-state index is 0.0157. The van der Waals surface area contributed by atoms with Crippen molar-refractivity contribution in [3.63, 3.8) is 0 Å². The van der Waals surface area contributed by atoms with Crippen LogP contribution in [-0.4, -0.2) is 21.9 Å². The SMILES string of the molecule is COc1cnn(C(C)C)c1C(CCc1ccncc1)NN. The Kier molecular flexibility index (Phi) is 5.30. The third-order valence-electron chi connectivity index (χ3n) is 3.51. The third kappa shape index (κ3) is 3.59. The molecule has 2 aromatic rings. The van der Waals surface area contributed by atoms with E-state index in [1.165, 1.54) is 5.56 Å². The first-order chi connectivity index (χ1) is 10.2. The maximum atomic E-state index is 5.76. The van der Waals surface area contributed by atoms with Crippen LogP contribution in [0.3, 0.4) is 0 Å². The maximum absolute atomic E-state index is 5.76. The van der Waals surface area contributed by atoms with Gasteiger partial charge in [0.1, 0.15) is 0 Å². The Morgan fingerprint density at radius 3 is 2.62 bits per heavy atom. The summed E-state index contributed by atoms with van der Waals surface area (Å²) in [6.07, 6.45) is 7.11. The number of hydrogen-bond acceptors (Lipinski definition) is 5. The molecule has 0 aromatic carbocycles. The molecular weight excluding hydrogens is 266 g/mol. The van der Waals surface area contributed by atoms with Crippen LogP contribution >= 0.6 is 0 Å². The van der Waals surface area contributed by atoms with Gasteiger partial charge >= 0.3 is 0 Å². The molecule has 0 spiro atoms. The molecule has 0 amide bonds. The van der Waals surface area contributed by atoms with E-state index in [-0.39, 0.29) is 12.1 Å². The number of hydrogen-bond donors (Lipinski definition) is 2. The Morgan fingerprint density at radius 1 is 1.33 bits per heavy atom. The lowest BCUT2D eigenvalue weighted by Gasteiger charge is -2.20. The Balaban J connectivity index is 2.19. The smallest absolute Gasteiger partial charge is 0.161 e. The summed E-state index contributed by atoms with van der Waals surface area (Å²) in [5.74, 6) is 6.53. The van der Waals surface area contributed by atoms with Crippen molar-refractivity contribution in [2.24, 2.45) is 5.84 Å². The molecule has 0 saturated heterocycles. The van der Waals surface area contributed by atoms with Crippen molar-refractivity contribution >= 4 is 0 Å². The van der Waals surface area contributed by atoms with Crippen molar-refractivity contribution < 1.29 is 4.74 Å². The molecule has 3 N–H and O–H groups in total. The van der Waals surface area contributed by atoms with Crippen LogP contribution in [0.1, 0.15) is 43.6 Å². The maximum Gasteiger partial charge on any atom is 0.161 e. The lowest BCUT2D eigenvalue weighted by Crippen LogP contribution is -2.31. The zero-order valence-electron chi connectivity index (χ0n) is 12.8. The molecule has 114 valence electrons. The molecule has 21 heavy (non-hydrogen) atoms. The number of nitrogens with zero attached hydrogens (tertiary/aromatic N) is 3. The van der Waals surface area contributed by atoms with Gasteiger partial charge in [-0.05, 0) is 44.4 Å². The number of aryl methyl sites for hydroxylation is 1. The fourth-order valence-corrected chi connectivity index (χ4v) is 2.42. The van der Waals surface area contributed by atoms with Crippen molar-refractivity contribution in [1.29, 1.82) is 0 Å². The van der Waals surface area contributed by atoms with E-state index in [0.717, 1.165) is 24.3 Å². The molecule has 6 nitrogen and oxygen atoms in total. The zero-order chi connectivity index (χ0) is 15.2. The topological polar surface area (TPSA) is 78.0 Å². The van der Waals surface area contributed by atoms with Gasteiger partial charge in [0.15, 0.2) is 5.75 Å². The number of nitrogens with one attached hydrogen (secondary N) is 1. The fourth-order valence-electron chi connectivity index (χ4n) is 2.42. The third-order valence-corrected chi connectivity index (χ3v) is 3.51. The molecule has 0 fully saturated rings. The molecule has 2 heterocycles. The summed E-state index contributed by atoms with van der Waals surface area (Å²) in [6.45, 7) is 4.18.